The zero-order chi connectivity index (χ0) is 20.4. The van der Waals surface area contributed by atoms with E-state index in [0.717, 1.165) is 12.0 Å². The van der Waals surface area contributed by atoms with Crippen molar-refractivity contribution >= 4 is 5.97 Å². The van der Waals surface area contributed by atoms with E-state index in [9.17, 15) is 14.3 Å². The molecule has 2 aromatic carbocycles. The average Bonchev–Trinajstić information content (AvgIpc) is 2.67. The summed E-state index contributed by atoms with van der Waals surface area (Å²) in [7, 11) is 0. The van der Waals surface area contributed by atoms with Crippen LogP contribution in [0, 0.1) is 0 Å². The molecular formula is C23H27FO4. The van der Waals surface area contributed by atoms with Crippen LogP contribution >= 0.6 is 0 Å². The summed E-state index contributed by atoms with van der Waals surface area (Å²) in [6.45, 7) is 3.60. The maximum atomic E-state index is 14.1. The van der Waals surface area contributed by atoms with Gasteiger partial charge in [-0.15, -0.1) is 0 Å². The first-order chi connectivity index (χ1) is 13.4. The molecule has 5 heteroatoms. The lowest BCUT2D eigenvalue weighted by Crippen LogP contribution is -2.26. The monoisotopic (exact) mass is 386 g/mol. The van der Waals surface area contributed by atoms with Crippen molar-refractivity contribution < 1.29 is 23.8 Å². The lowest BCUT2D eigenvalue weighted by Gasteiger charge is -2.17. The number of halogens is 1. The Morgan fingerprint density at radius 3 is 2.50 bits per heavy atom. The van der Waals surface area contributed by atoms with Crippen molar-refractivity contribution in [2.45, 2.75) is 45.1 Å². The number of aliphatic hydroxyl groups is 1. The first kappa shape index (κ1) is 21.6. The van der Waals surface area contributed by atoms with E-state index in [1.807, 2.05) is 24.3 Å². The predicted octanol–water partition coefficient (Wildman–Crippen LogP) is 4.93. The highest BCUT2D eigenvalue weighted by Gasteiger charge is 2.21. The van der Waals surface area contributed by atoms with Crippen LogP contribution in [0.15, 0.2) is 66.7 Å². The number of carbonyl (C=O) groups excluding carboxylic acids is 1. The number of ether oxygens (including phenoxy) is 2. The van der Waals surface area contributed by atoms with Crippen LogP contribution in [0.2, 0.25) is 0 Å². The van der Waals surface area contributed by atoms with E-state index >= 15 is 0 Å². The molecule has 2 rings (SSSR count). The minimum Gasteiger partial charge on any atom is -0.466 e. The highest BCUT2D eigenvalue weighted by molar-refractivity contribution is 5.71. The van der Waals surface area contributed by atoms with Crippen LogP contribution in [0.25, 0.3) is 0 Å². The number of hydrogen-bond acceptors (Lipinski definition) is 4. The molecule has 2 unspecified atom stereocenters. The van der Waals surface area contributed by atoms with Crippen LogP contribution in [0.1, 0.15) is 44.2 Å². The number of rotatable bonds is 10. The number of esters is 1. The quantitative estimate of drug-likeness (QED) is 0.465. The molecule has 0 saturated carbocycles. The van der Waals surface area contributed by atoms with Gasteiger partial charge in [-0.2, -0.15) is 4.39 Å². The number of hydrogen-bond donors (Lipinski definition) is 1. The first-order valence-electron chi connectivity index (χ1n) is 9.40. The molecule has 0 radical (unpaired) electrons. The van der Waals surface area contributed by atoms with Crippen molar-refractivity contribution in [1.29, 1.82) is 0 Å². The highest BCUT2D eigenvalue weighted by atomic mass is 19.1. The number of carbonyl (C=O) groups is 1. The van der Waals surface area contributed by atoms with Crippen LogP contribution in [-0.2, 0) is 16.0 Å². The molecule has 0 bridgehead atoms. The van der Waals surface area contributed by atoms with Crippen molar-refractivity contribution in [3.05, 3.63) is 77.9 Å². The fraction of sp³-hybridized carbons (Fsp3) is 0.348. The van der Waals surface area contributed by atoms with Crippen LogP contribution in [0.4, 0.5) is 4.39 Å². The van der Waals surface area contributed by atoms with E-state index in [1.54, 1.807) is 56.3 Å². The molecule has 2 atom stereocenters. The zero-order valence-electron chi connectivity index (χ0n) is 16.3. The lowest BCUT2D eigenvalue weighted by molar-refractivity contribution is -0.146. The molecule has 0 saturated heterocycles. The molecule has 0 amide bonds. The van der Waals surface area contributed by atoms with Crippen molar-refractivity contribution in [3.8, 4) is 5.75 Å². The molecule has 0 aliphatic carbocycles. The summed E-state index contributed by atoms with van der Waals surface area (Å²) in [5.74, 6) is 0.0439. The Hall–Kier alpha value is -2.66. The molecule has 0 aliphatic rings. The third-order valence-electron chi connectivity index (χ3n) is 4.11. The van der Waals surface area contributed by atoms with E-state index < -0.39 is 17.9 Å². The van der Waals surface area contributed by atoms with Gasteiger partial charge in [0.25, 0.3) is 6.36 Å². The summed E-state index contributed by atoms with van der Waals surface area (Å²) in [5, 5.41) is 10.2. The third kappa shape index (κ3) is 7.53. The molecule has 2 aromatic rings. The lowest BCUT2D eigenvalue weighted by atomic mass is 10.0. The predicted molar refractivity (Wildman–Crippen MR) is 107 cm³/mol. The molecule has 28 heavy (non-hydrogen) atoms. The van der Waals surface area contributed by atoms with Crippen molar-refractivity contribution in [1.82, 2.24) is 0 Å². The van der Waals surface area contributed by atoms with Gasteiger partial charge in [-0.05, 0) is 44.4 Å². The Kier molecular flexibility index (Phi) is 8.20. The maximum absolute atomic E-state index is 14.1. The molecule has 0 aromatic heterocycles. The molecule has 0 heterocycles. The highest BCUT2D eigenvalue weighted by Crippen LogP contribution is 2.23. The molecular weight excluding hydrogens is 359 g/mol. The summed E-state index contributed by atoms with van der Waals surface area (Å²) < 4.78 is 24.3. The summed E-state index contributed by atoms with van der Waals surface area (Å²) in [6, 6.07) is 16.0. The SMILES string of the molecule is CCOC(=O)CC(C)(O)C=CCCc1ccc(OC(F)c2ccccc2)cc1. The second-order valence-corrected chi connectivity index (χ2v) is 6.77. The Bertz CT molecular complexity index is 754. The molecule has 150 valence electrons. The van der Waals surface area contributed by atoms with Gasteiger partial charge in [0, 0.05) is 5.56 Å². The van der Waals surface area contributed by atoms with Gasteiger partial charge in [0.05, 0.1) is 18.6 Å². The normalized spacial score (nSPS) is 14.4. The largest absolute Gasteiger partial charge is 0.466 e. The molecule has 1 N–H and O–H groups in total. The molecule has 0 aliphatic heterocycles. The Morgan fingerprint density at radius 1 is 1.18 bits per heavy atom. The van der Waals surface area contributed by atoms with Gasteiger partial charge in [-0.3, -0.25) is 4.79 Å². The van der Waals surface area contributed by atoms with Gasteiger partial charge in [-0.25, -0.2) is 0 Å². The van der Waals surface area contributed by atoms with E-state index in [2.05, 4.69) is 0 Å². The van der Waals surface area contributed by atoms with Crippen LogP contribution < -0.4 is 4.74 Å². The topological polar surface area (TPSA) is 55.8 Å². The van der Waals surface area contributed by atoms with E-state index in [-0.39, 0.29) is 6.42 Å². The van der Waals surface area contributed by atoms with Crippen LogP contribution in [-0.4, -0.2) is 23.3 Å². The number of aryl methyl sites for hydroxylation is 1. The smallest absolute Gasteiger partial charge is 0.309 e. The summed E-state index contributed by atoms with van der Waals surface area (Å²) in [5.41, 5.74) is 0.320. The molecule has 0 spiro atoms. The second kappa shape index (κ2) is 10.6. The zero-order valence-corrected chi connectivity index (χ0v) is 16.3. The maximum Gasteiger partial charge on any atom is 0.309 e. The van der Waals surface area contributed by atoms with Gasteiger partial charge in [0.15, 0.2) is 0 Å². The standard InChI is InChI=1S/C23H27FO4/c1-3-27-21(25)17-23(2,26)16-8-7-9-18-12-14-20(15-13-18)28-22(24)19-10-5-4-6-11-19/h4-6,8,10-16,22,26H,3,7,9,17H2,1-2H3. The average molecular weight is 386 g/mol. The van der Waals surface area contributed by atoms with Gasteiger partial charge >= 0.3 is 5.97 Å². The van der Waals surface area contributed by atoms with Gasteiger partial charge in [-0.1, -0.05) is 54.6 Å². The molecule has 0 fully saturated rings. The van der Waals surface area contributed by atoms with Crippen LogP contribution in [0.3, 0.4) is 0 Å². The van der Waals surface area contributed by atoms with Gasteiger partial charge < -0.3 is 14.6 Å². The number of alkyl halides is 1. The van der Waals surface area contributed by atoms with E-state index in [0.29, 0.717) is 24.3 Å². The van der Waals surface area contributed by atoms with Crippen molar-refractivity contribution in [2.24, 2.45) is 0 Å². The van der Waals surface area contributed by atoms with Crippen LogP contribution in [0.5, 0.6) is 5.75 Å². The number of benzene rings is 2. The van der Waals surface area contributed by atoms with Crippen molar-refractivity contribution in [2.75, 3.05) is 6.61 Å². The summed E-state index contributed by atoms with van der Waals surface area (Å²) in [4.78, 5) is 11.5. The fourth-order valence-corrected chi connectivity index (χ4v) is 2.68. The second-order valence-electron chi connectivity index (χ2n) is 6.77. The van der Waals surface area contributed by atoms with Crippen molar-refractivity contribution in [3.63, 3.8) is 0 Å². The van der Waals surface area contributed by atoms with E-state index in [1.165, 1.54) is 0 Å². The summed E-state index contributed by atoms with van der Waals surface area (Å²) in [6.07, 6.45) is 3.34. The Morgan fingerprint density at radius 2 is 1.86 bits per heavy atom. The minimum atomic E-state index is -1.50. The minimum absolute atomic E-state index is 0.0742. The molecule has 4 nitrogen and oxygen atoms in total. The Labute approximate surface area is 165 Å². The fourth-order valence-electron chi connectivity index (χ4n) is 2.68. The van der Waals surface area contributed by atoms with Gasteiger partial charge in [0.1, 0.15) is 5.75 Å². The van der Waals surface area contributed by atoms with Gasteiger partial charge in [0.2, 0.25) is 0 Å². The summed E-state index contributed by atoms with van der Waals surface area (Å²) >= 11 is 0. The number of allylic oxidation sites excluding steroid dienone is 1. The Balaban J connectivity index is 1.80. The van der Waals surface area contributed by atoms with E-state index in [4.69, 9.17) is 9.47 Å². The third-order valence-corrected chi connectivity index (χ3v) is 4.11. The first-order valence-corrected chi connectivity index (χ1v) is 9.40.